The van der Waals surface area contributed by atoms with Crippen molar-refractivity contribution in [2.75, 3.05) is 12.4 Å². The summed E-state index contributed by atoms with van der Waals surface area (Å²) in [6.07, 6.45) is -5.96. The Morgan fingerprint density at radius 3 is 2.53 bits per heavy atom. The van der Waals surface area contributed by atoms with Crippen molar-refractivity contribution in [2.24, 2.45) is 0 Å². The molecule has 0 fully saturated rings. The average Bonchev–Trinajstić information content (AvgIpc) is 2.18. The van der Waals surface area contributed by atoms with Crippen LogP contribution in [0.25, 0.3) is 0 Å². The van der Waals surface area contributed by atoms with Gasteiger partial charge in [-0.15, -0.1) is 0 Å². The van der Waals surface area contributed by atoms with Gasteiger partial charge in [0.1, 0.15) is 6.42 Å². The first-order valence-electron chi connectivity index (χ1n) is 5.01. The molecule has 0 spiro atoms. The van der Waals surface area contributed by atoms with E-state index in [0.717, 1.165) is 5.56 Å². The fourth-order valence-electron chi connectivity index (χ4n) is 1.36. The Labute approximate surface area is 97.0 Å². The molecule has 0 aliphatic rings. The van der Waals surface area contributed by atoms with E-state index >= 15 is 0 Å². The third kappa shape index (κ3) is 4.86. The summed E-state index contributed by atoms with van der Waals surface area (Å²) in [5.74, 6) is -1.05. The van der Waals surface area contributed by atoms with Crippen LogP contribution in [-0.4, -0.2) is 19.1 Å². The van der Waals surface area contributed by atoms with Crippen LogP contribution in [0.15, 0.2) is 24.3 Å². The molecule has 1 rings (SSSR count). The Balaban J connectivity index is 2.71. The lowest BCUT2D eigenvalue weighted by Gasteiger charge is -2.11. The SMILES string of the molecule is CNCc1ccccc1NC(=O)CC(F)(F)F. The minimum absolute atomic E-state index is 0.399. The summed E-state index contributed by atoms with van der Waals surface area (Å²) >= 11 is 0. The number of hydrogen-bond acceptors (Lipinski definition) is 2. The maximum absolute atomic E-state index is 12.0. The highest BCUT2D eigenvalue weighted by atomic mass is 19.4. The number of para-hydroxylation sites is 1. The van der Waals surface area contributed by atoms with Gasteiger partial charge in [-0.1, -0.05) is 18.2 Å². The molecule has 1 amide bonds. The van der Waals surface area contributed by atoms with E-state index in [0.29, 0.717) is 12.2 Å². The van der Waals surface area contributed by atoms with Crippen molar-refractivity contribution in [3.05, 3.63) is 29.8 Å². The van der Waals surface area contributed by atoms with Gasteiger partial charge in [-0.3, -0.25) is 4.79 Å². The zero-order valence-corrected chi connectivity index (χ0v) is 9.27. The van der Waals surface area contributed by atoms with Crippen molar-refractivity contribution < 1.29 is 18.0 Å². The highest BCUT2D eigenvalue weighted by Crippen LogP contribution is 2.21. The van der Waals surface area contributed by atoms with Crippen LogP contribution in [-0.2, 0) is 11.3 Å². The van der Waals surface area contributed by atoms with Crippen LogP contribution in [0.4, 0.5) is 18.9 Å². The second-order valence-electron chi connectivity index (χ2n) is 3.53. The molecule has 0 radical (unpaired) electrons. The Kier molecular flexibility index (Phi) is 4.51. The normalized spacial score (nSPS) is 11.3. The molecular formula is C11H13F3N2O. The first-order chi connectivity index (χ1) is 7.92. The second kappa shape index (κ2) is 5.67. The van der Waals surface area contributed by atoms with Crippen molar-refractivity contribution in [1.82, 2.24) is 5.32 Å². The van der Waals surface area contributed by atoms with Crippen LogP contribution in [0.5, 0.6) is 0 Å². The molecule has 0 unspecified atom stereocenters. The van der Waals surface area contributed by atoms with Crippen LogP contribution in [0, 0.1) is 0 Å². The molecule has 0 saturated carbocycles. The molecule has 0 aliphatic carbocycles. The van der Waals surface area contributed by atoms with Gasteiger partial charge in [-0.05, 0) is 18.7 Å². The van der Waals surface area contributed by atoms with Gasteiger partial charge >= 0.3 is 6.18 Å². The maximum atomic E-state index is 12.0. The van der Waals surface area contributed by atoms with Gasteiger partial charge in [0.05, 0.1) is 0 Å². The Bertz CT molecular complexity index is 391. The number of carbonyl (C=O) groups is 1. The van der Waals surface area contributed by atoms with Gasteiger partial charge in [0, 0.05) is 12.2 Å². The molecule has 6 heteroatoms. The van der Waals surface area contributed by atoms with E-state index in [2.05, 4.69) is 10.6 Å². The second-order valence-corrected chi connectivity index (χ2v) is 3.53. The number of halogens is 3. The fraction of sp³-hybridized carbons (Fsp3) is 0.364. The summed E-state index contributed by atoms with van der Waals surface area (Å²) in [6.45, 7) is 0.475. The first kappa shape index (κ1) is 13.5. The zero-order chi connectivity index (χ0) is 12.9. The lowest BCUT2D eigenvalue weighted by Crippen LogP contribution is -2.22. The average molecular weight is 246 g/mol. The van der Waals surface area contributed by atoms with Gasteiger partial charge in [-0.2, -0.15) is 13.2 Å². The molecule has 0 bridgehead atoms. The summed E-state index contributed by atoms with van der Waals surface area (Å²) in [4.78, 5) is 11.1. The van der Waals surface area contributed by atoms with E-state index < -0.39 is 18.5 Å². The summed E-state index contributed by atoms with van der Waals surface area (Å²) < 4.78 is 36.0. The third-order valence-corrected chi connectivity index (χ3v) is 2.02. The zero-order valence-electron chi connectivity index (χ0n) is 9.27. The van der Waals surface area contributed by atoms with E-state index in [1.54, 1.807) is 31.3 Å². The number of amides is 1. The lowest BCUT2D eigenvalue weighted by molar-refractivity contribution is -0.150. The van der Waals surface area contributed by atoms with E-state index in [-0.39, 0.29) is 0 Å². The fourth-order valence-corrected chi connectivity index (χ4v) is 1.36. The largest absolute Gasteiger partial charge is 0.397 e. The van der Waals surface area contributed by atoms with Crippen LogP contribution in [0.2, 0.25) is 0 Å². The van der Waals surface area contributed by atoms with Crippen molar-refractivity contribution >= 4 is 11.6 Å². The van der Waals surface area contributed by atoms with E-state index in [1.807, 2.05) is 0 Å². The van der Waals surface area contributed by atoms with Crippen molar-refractivity contribution in [1.29, 1.82) is 0 Å². The standard InChI is InChI=1S/C11H13F3N2O/c1-15-7-8-4-2-3-5-9(8)16-10(17)6-11(12,13)14/h2-5,15H,6-7H2,1H3,(H,16,17). The number of benzene rings is 1. The number of alkyl halides is 3. The summed E-state index contributed by atoms with van der Waals surface area (Å²) in [5, 5.41) is 5.13. The summed E-state index contributed by atoms with van der Waals surface area (Å²) in [7, 11) is 1.72. The predicted octanol–water partition coefficient (Wildman–Crippen LogP) is 2.30. The molecular weight excluding hydrogens is 233 g/mol. The van der Waals surface area contributed by atoms with Crippen molar-refractivity contribution in [3.63, 3.8) is 0 Å². The van der Waals surface area contributed by atoms with E-state index in [1.165, 1.54) is 0 Å². The smallest absolute Gasteiger partial charge is 0.325 e. The van der Waals surface area contributed by atoms with Crippen molar-refractivity contribution in [2.45, 2.75) is 19.1 Å². The Hall–Kier alpha value is -1.56. The topological polar surface area (TPSA) is 41.1 Å². The lowest BCUT2D eigenvalue weighted by atomic mass is 10.1. The van der Waals surface area contributed by atoms with Gasteiger partial charge in [0.2, 0.25) is 5.91 Å². The Morgan fingerprint density at radius 1 is 1.29 bits per heavy atom. The molecule has 0 aromatic heterocycles. The molecule has 0 aliphatic heterocycles. The molecule has 0 heterocycles. The van der Waals surface area contributed by atoms with Crippen LogP contribution < -0.4 is 10.6 Å². The Morgan fingerprint density at radius 2 is 1.94 bits per heavy atom. The monoisotopic (exact) mass is 246 g/mol. The molecule has 1 aromatic rings. The van der Waals surface area contributed by atoms with Gasteiger partial charge < -0.3 is 10.6 Å². The quantitative estimate of drug-likeness (QED) is 0.855. The highest BCUT2D eigenvalue weighted by Gasteiger charge is 2.31. The predicted molar refractivity (Wildman–Crippen MR) is 58.5 cm³/mol. The molecule has 0 atom stereocenters. The highest BCUT2D eigenvalue weighted by molar-refractivity contribution is 5.91. The number of carbonyl (C=O) groups excluding carboxylic acids is 1. The van der Waals surface area contributed by atoms with E-state index in [9.17, 15) is 18.0 Å². The van der Waals surface area contributed by atoms with Gasteiger partial charge in [-0.25, -0.2) is 0 Å². The molecule has 2 N–H and O–H groups in total. The van der Waals surface area contributed by atoms with Crippen LogP contribution in [0.3, 0.4) is 0 Å². The summed E-state index contributed by atoms with van der Waals surface area (Å²) in [5.41, 5.74) is 1.14. The van der Waals surface area contributed by atoms with E-state index in [4.69, 9.17) is 0 Å². The van der Waals surface area contributed by atoms with Gasteiger partial charge in [0.15, 0.2) is 0 Å². The van der Waals surface area contributed by atoms with Crippen LogP contribution in [0.1, 0.15) is 12.0 Å². The number of nitrogens with one attached hydrogen (secondary N) is 2. The molecule has 0 saturated heterocycles. The number of rotatable bonds is 4. The van der Waals surface area contributed by atoms with Crippen LogP contribution >= 0.6 is 0 Å². The number of anilines is 1. The van der Waals surface area contributed by atoms with Crippen molar-refractivity contribution in [3.8, 4) is 0 Å². The molecule has 17 heavy (non-hydrogen) atoms. The number of hydrogen-bond donors (Lipinski definition) is 2. The third-order valence-electron chi connectivity index (χ3n) is 2.02. The minimum Gasteiger partial charge on any atom is -0.325 e. The molecule has 1 aromatic carbocycles. The first-order valence-corrected chi connectivity index (χ1v) is 5.01. The minimum atomic E-state index is -4.48. The maximum Gasteiger partial charge on any atom is 0.397 e. The molecule has 3 nitrogen and oxygen atoms in total. The molecule has 94 valence electrons. The summed E-state index contributed by atoms with van der Waals surface area (Å²) in [6, 6.07) is 6.72. The van der Waals surface area contributed by atoms with Gasteiger partial charge in [0.25, 0.3) is 0 Å².